The van der Waals surface area contributed by atoms with E-state index in [1.807, 2.05) is 16.0 Å². The highest BCUT2D eigenvalue weighted by Gasteiger charge is 2.30. The van der Waals surface area contributed by atoms with Gasteiger partial charge in [0, 0.05) is 30.4 Å². The van der Waals surface area contributed by atoms with Gasteiger partial charge in [-0.1, -0.05) is 0 Å². The van der Waals surface area contributed by atoms with E-state index >= 15 is 0 Å². The van der Waals surface area contributed by atoms with Crippen molar-refractivity contribution in [2.24, 2.45) is 7.05 Å². The van der Waals surface area contributed by atoms with E-state index in [0.717, 1.165) is 24.4 Å². The smallest absolute Gasteiger partial charge is 0.198 e. The zero-order valence-electron chi connectivity index (χ0n) is 12.5. The summed E-state index contributed by atoms with van der Waals surface area (Å²) in [6.07, 6.45) is 3.67. The number of nitrogens with zero attached hydrogens (tertiary/aromatic N) is 4. The lowest BCUT2D eigenvalue weighted by molar-refractivity contribution is 0.144. The average Bonchev–Trinajstić information content (AvgIpc) is 3.13. The van der Waals surface area contributed by atoms with Gasteiger partial charge in [-0.05, 0) is 55.4 Å². The van der Waals surface area contributed by atoms with E-state index in [1.54, 1.807) is 4.88 Å². The Labute approximate surface area is 134 Å². The second-order valence-corrected chi connectivity index (χ2v) is 7.52. The number of fused-ring (bicyclic) bond motifs is 1. The Morgan fingerprint density at radius 2 is 2.24 bits per heavy atom. The van der Waals surface area contributed by atoms with Crippen molar-refractivity contribution in [3.05, 3.63) is 32.5 Å². The van der Waals surface area contributed by atoms with Crippen LogP contribution in [0.2, 0.25) is 0 Å². The molecule has 1 aliphatic carbocycles. The Morgan fingerprint density at radius 3 is 3.00 bits per heavy atom. The molecule has 2 aromatic rings. The minimum absolute atomic E-state index is 0.452. The number of aromatic nitrogens is 3. The van der Waals surface area contributed by atoms with Gasteiger partial charge in [-0.25, -0.2) is 4.68 Å². The Kier molecular flexibility index (Phi) is 3.28. The van der Waals surface area contributed by atoms with Gasteiger partial charge in [-0.15, -0.1) is 11.3 Å². The molecule has 0 amide bonds. The van der Waals surface area contributed by atoms with Crippen molar-refractivity contribution in [3.63, 3.8) is 0 Å². The molecule has 3 heterocycles. The van der Waals surface area contributed by atoms with Crippen molar-refractivity contribution in [3.8, 4) is 0 Å². The Balaban J connectivity index is 1.59. The fourth-order valence-electron chi connectivity index (χ4n) is 3.22. The zero-order valence-corrected chi connectivity index (χ0v) is 14.1. The molecule has 0 bridgehead atoms. The fraction of sp³-hybridized carbons (Fsp3) is 0.600. The summed E-state index contributed by atoms with van der Waals surface area (Å²) in [6, 6.07) is 2.72. The normalized spacial score (nSPS) is 22.5. The van der Waals surface area contributed by atoms with Crippen LogP contribution in [0.25, 0.3) is 0 Å². The molecule has 1 atom stereocenters. The monoisotopic (exact) mass is 320 g/mol. The summed E-state index contributed by atoms with van der Waals surface area (Å²) < 4.78 is 4.95. The maximum Gasteiger partial charge on any atom is 0.198 e. The van der Waals surface area contributed by atoms with E-state index in [1.165, 1.54) is 24.2 Å². The third kappa shape index (κ3) is 2.29. The molecule has 0 N–H and O–H groups in total. The molecule has 1 saturated carbocycles. The quantitative estimate of drug-likeness (QED) is 0.810. The molecular weight excluding hydrogens is 300 g/mol. The van der Waals surface area contributed by atoms with Crippen molar-refractivity contribution in [1.29, 1.82) is 0 Å². The summed E-state index contributed by atoms with van der Waals surface area (Å²) in [6.45, 7) is 4.18. The molecule has 112 valence electrons. The van der Waals surface area contributed by atoms with Gasteiger partial charge < -0.3 is 4.57 Å². The van der Waals surface area contributed by atoms with Gasteiger partial charge in [0.05, 0.1) is 6.67 Å². The van der Waals surface area contributed by atoms with Gasteiger partial charge in [-0.2, -0.15) is 5.10 Å². The van der Waals surface area contributed by atoms with Gasteiger partial charge >= 0.3 is 0 Å². The maximum absolute atomic E-state index is 5.57. The lowest BCUT2D eigenvalue weighted by Crippen LogP contribution is -2.35. The summed E-state index contributed by atoms with van der Waals surface area (Å²) in [5, 5.41) is 6.99. The molecule has 0 saturated heterocycles. The minimum Gasteiger partial charge on any atom is -0.307 e. The fourth-order valence-corrected chi connectivity index (χ4v) is 4.38. The second kappa shape index (κ2) is 5.04. The Hall–Kier alpha value is -0.980. The van der Waals surface area contributed by atoms with Crippen LogP contribution >= 0.6 is 23.6 Å². The molecule has 4 nitrogen and oxygen atoms in total. The SMILES string of the molecule is C[C@@H]1c2ccsc2CCN1Cn1nc(C2CC2)n(C)c1=S. The van der Waals surface area contributed by atoms with Crippen molar-refractivity contribution < 1.29 is 0 Å². The van der Waals surface area contributed by atoms with Gasteiger partial charge in [-0.3, -0.25) is 4.90 Å². The van der Waals surface area contributed by atoms with Crippen LogP contribution in [0.3, 0.4) is 0 Å². The van der Waals surface area contributed by atoms with Crippen molar-refractivity contribution in [1.82, 2.24) is 19.2 Å². The summed E-state index contributed by atoms with van der Waals surface area (Å²) >= 11 is 7.45. The first-order chi connectivity index (χ1) is 10.1. The van der Waals surface area contributed by atoms with Crippen LogP contribution in [0, 0.1) is 4.77 Å². The van der Waals surface area contributed by atoms with Crippen molar-refractivity contribution in [2.75, 3.05) is 6.54 Å². The third-order valence-corrected chi connectivity index (χ3v) is 6.22. The van der Waals surface area contributed by atoms with Crippen LogP contribution in [-0.4, -0.2) is 25.8 Å². The predicted molar refractivity (Wildman–Crippen MR) is 87.2 cm³/mol. The topological polar surface area (TPSA) is 26.0 Å². The number of hydrogen-bond acceptors (Lipinski definition) is 4. The molecule has 0 radical (unpaired) electrons. The summed E-state index contributed by atoms with van der Waals surface area (Å²) in [5.41, 5.74) is 1.48. The molecule has 2 aliphatic rings. The van der Waals surface area contributed by atoms with E-state index < -0.39 is 0 Å². The summed E-state index contributed by atoms with van der Waals surface area (Å²) in [4.78, 5) is 4.02. The molecule has 1 aliphatic heterocycles. The van der Waals surface area contributed by atoms with E-state index in [0.29, 0.717) is 12.0 Å². The third-order valence-electron chi connectivity index (χ3n) is 4.74. The van der Waals surface area contributed by atoms with Gasteiger partial charge in [0.2, 0.25) is 0 Å². The van der Waals surface area contributed by atoms with Crippen LogP contribution in [0.4, 0.5) is 0 Å². The largest absolute Gasteiger partial charge is 0.307 e. The van der Waals surface area contributed by atoms with E-state index in [4.69, 9.17) is 17.3 Å². The molecule has 0 unspecified atom stereocenters. The number of rotatable bonds is 3. The first-order valence-electron chi connectivity index (χ1n) is 7.59. The van der Waals surface area contributed by atoms with Crippen LogP contribution in [0.5, 0.6) is 0 Å². The molecule has 21 heavy (non-hydrogen) atoms. The van der Waals surface area contributed by atoms with Crippen LogP contribution < -0.4 is 0 Å². The lowest BCUT2D eigenvalue weighted by atomic mass is 10.0. The zero-order chi connectivity index (χ0) is 14.6. The van der Waals surface area contributed by atoms with Crippen molar-refractivity contribution >= 4 is 23.6 Å². The van der Waals surface area contributed by atoms with Crippen LogP contribution in [0.15, 0.2) is 11.4 Å². The molecule has 2 aromatic heterocycles. The molecule has 4 rings (SSSR count). The second-order valence-electron chi connectivity index (χ2n) is 6.15. The van der Waals surface area contributed by atoms with E-state index in [-0.39, 0.29) is 0 Å². The summed E-state index contributed by atoms with van der Waals surface area (Å²) in [7, 11) is 2.05. The number of thiophene rings is 1. The van der Waals surface area contributed by atoms with E-state index in [9.17, 15) is 0 Å². The standard InChI is InChI=1S/C15H20N4S2/c1-10-12-6-8-21-13(12)5-7-18(10)9-19-15(20)17(2)14(16-19)11-3-4-11/h6,8,10-11H,3-5,7,9H2,1-2H3/t10-/m1/s1. The lowest BCUT2D eigenvalue weighted by Gasteiger charge is -2.33. The van der Waals surface area contributed by atoms with Crippen molar-refractivity contribution in [2.45, 2.75) is 44.8 Å². The van der Waals surface area contributed by atoms with Crippen LogP contribution in [-0.2, 0) is 20.1 Å². The highest BCUT2D eigenvalue weighted by atomic mass is 32.1. The Bertz CT molecular complexity index is 722. The molecular formula is C15H20N4S2. The highest BCUT2D eigenvalue weighted by molar-refractivity contribution is 7.71. The highest BCUT2D eigenvalue weighted by Crippen LogP contribution is 2.39. The van der Waals surface area contributed by atoms with Gasteiger partial charge in [0.1, 0.15) is 5.82 Å². The maximum atomic E-state index is 5.57. The molecule has 0 aromatic carbocycles. The van der Waals surface area contributed by atoms with Gasteiger partial charge in [0.25, 0.3) is 0 Å². The van der Waals surface area contributed by atoms with Crippen LogP contribution in [0.1, 0.15) is 48.0 Å². The Morgan fingerprint density at radius 1 is 1.43 bits per heavy atom. The number of hydrogen-bond donors (Lipinski definition) is 0. The van der Waals surface area contributed by atoms with E-state index in [2.05, 4.69) is 34.9 Å². The molecule has 0 spiro atoms. The summed E-state index contributed by atoms with van der Waals surface area (Å²) in [5.74, 6) is 1.81. The first-order valence-corrected chi connectivity index (χ1v) is 8.88. The first kappa shape index (κ1) is 13.7. The molecule has 1 fully saturated rings. The molecule has 6 heteroatoms. The van der Waals surface area contributed by atoms with Gasteiger partial charge in [0.15, 0.2) is 4.77 Å². The minimum atomic E-state index is 0.452. The predicted octanol–water partition coefficient (Wildman–Crippen LogP) is 3.47. The average molecular weight is 320 g/mol.